The Morgan fingerprint density at radius 2 is 2.00 bits per heavy atom. The van der Waals surface area contributed by atoms with Gasteiger partial charge in [0.15, 0.2) is 0 Å². The van der Waals surface area contributed by atoms with Crippen LogP contribution in [0.25, 0.3) is 0 Å². The van der Waals surface area contributed by atoms with Gasteiger partial charge in [-0.1, -0.05) is 26.7 Å². The van der Waals surface area contributed by atoms with E-state index in [9.17, 15) is 5.11 Å². The van der Waals surface area contributed by atoms with Crippen molar-refractivity contribution in [3.8, 4) is 0 Å². The standard InChI is InChI=1S/C9H20OS/c1-3-4-5-9(10)8(2)6-7-11/h8-11H,3-7H2,1-2H3/t8-,9+/m0/s1. The van der Waals surface area contributed by atoms with Gasteiger partial charge in [-0.15, -0.1) is 0 Å². The Bertz CT molecular complexity index is 85.6. The molecule has 11 heavy (non-hydrogen) atoms. The Morgan fingerprint density at radius 3 is 2.45 bits per heavy atom. The highest BCUT2D eigenvalue weighted by molar-refractivity contribution is 7.80. The lowest BCUT2D eigenvalue weighted by molar-refractivity contribution is 0.104. The van der Waals surface area contributed by atoms with E-state index < -0.39 is 0 Å². The highest BCUT2D eigenvalue weighted by atomic mass is 32.1. The van der Waals surface area contributed by atoms with Crippen LogP contribution in [0.3, 0.4) is 0 Å². The first-order chi connectivity index (χ1) is 5.22. The number of aliphatic hydroxyl groups is 1. The summed E-state index contributed by atoms with van der Waals surface area (Å²) in [4.78, 5) is 0. The van der Waals surface area contributed by atoms with Gasteiger partial charge in [0.25, 0.3) is 0 Å². The van der Waals surface area contributed by atoms with Crippen LogP contribution >= 0.6 is 12.6 Å². The van der Waals surface area contributed by atoms with Gasteiger partial charge < -0.3 is 5.11 Å². The lowest BCUT2D eigenvalue weighted by Gasteiger charge is -2.17. The number of rotatable bonds is 6. The summed E-state index contributed by atoms with van der Waals surface area (Å²) in [6, 6.07) is 0. The summed E-state index contributed by atoms with van der Waals surface area (Å²) in [6.07, 6.45) is 4.17. The Kier molecular flexibility index (Phi) is 7.18. The van der Waals surface area contributed by atoms with Gasteiger partial charge in [-0.25, -0.2) is 0 Å². The molecule has 0 bridgehead atoms. The average Bonchev–Trinajstić information content (AvgIpc) is 2.00. The van der Waals surface area contributed by atoms with Crippen molar-refractivity contribution in [1.82, 2.24) is 0 Å². The van der Waals surface area contributed by atoms with Crippen LogP contribution in [-0.2, 0) is 0 Å². The summed E-state index contributed by atoms with van der Waals surface area (Å²) >= 11 is 4.13. The van der Waals surface area contributed by atoms with Gasteiger partial charge >= 0.3 is 0 Å². The number of hydrogen-bond donors (Lipinski definition) is 2. The van der Waals surface area contributed by atoms with Crippen LogP contribution in [-0.4, -0.2) is 17.0 Å². The largest absolute Gasteiger partial charge is 0.393 e. The molecule has 0 fully saturated rings. The third-order valence-corrected chi connectivity index (χ3v) is 2.35. The van der Waals surface area contributed by atoms with Gasteiger partial charge in [-0.05, 0) is 24.5 Å². The monoisotopic (exact) mass is 176 g/mol. The summed E-state index contributed by atoms with van der Waals surface area (Å²) in [6.45, 7) is 4.24. The molecular formula is C9H20OS. The molecule has 0 saturated heterocycles. The van der Waals surface area contributed by atoms with Crippen molar-refractivity contribution < 1.29 is 5.11 Å². The van der Waals surface area contributed by atoms with Crippen molar-refractivity contribution in [3.63, 3.8) is 0 Å². The zero-order valence-corrected chi connectivity index (χ0v) is 8.48. The molecule has 0 unspecified atom stereocenters. The van der Waals surface area contributed by atoms with Crippen molar-refractivity contribution in [2.45, 2.75) is 45.6 Å². The molecule has 0 aliphatic heterocycles. The van der Waals surface area contributed by atoms with Gasteiger partial charge in [0, 0.05) is 0 Å². The molecule has 1 nitrogen and oxygen atoms in total. The lowest BCUT2D eigenvalue weighted by atomic mass is 9.97. The molecule has 68 valence electrons. The second-order valence-electron chi connectivity index (χ2n) is 3.20. The molecule has 0 aliphatic rings. The number of unbranched alkanes of at least 4 members (excludes halogenated alkanes) is 1. The molecule has 0 radical (unpaired) electrons. The predicted octanol–water partition coefficient (Wildman–Crippen LogP) is 2.49. The summed E-state index contributed by atoms with van der Waals surface area (Å²) < 4.78 is 0. The van der Waals surface area contributed by atoms with Crippen LogP contribution in [0.4, 0.5) is 0 Å². The fourth-order valence-electron chi connectivity index (χ4n) is 1.09. The van der Waals surface area contributed by atoms with Crippen LogP contribution in [0.1, 0.15) is 39.5 Å². The first-order valence-corrected chi connectivity index (χ1v) is 5.14. The van der Waals surface area contributed by atoms with Gasteiger partial charge in [0.1, 0.15) is 0 Å². The second-order valence-corrected chi connectivity index (χ2v) is 3.65. The van der Waals surface area contributed by atoms with E-state index in [1.54, 1.807) is 0 Å². The highest BCUT2D eigenvalue weighted by Gasteiger charge is 2.11. The Morgan fingerprint density at radius 1 is 1.36 bits per heavy atom. The topological polar surface area (TPSA) is 20.2 Å². The molecule has 1 N–H and O–H groups in total. The molecule has 0 amide bonds. The number of aliphatic hydroxyl groups excluding tert-OH is 1. The molecule has 0 aromatic heterocycles. The Balaban J connectivity index is 3.38. The fraction of sp³-hybridized carbons (Fsp3) is 1.00. The summed E-state index contributed by atoms with van der Waals surface area (Å²) in [5, 5.41) is 9.55. The van der Waals surface area contributed by atoms with E-state index in [1.807, 2.05) is 0 Å². The van der Waals surface area contributed by atoms with Crippen molar-refractivity contribution in [1.29, 1.82) is 0 Å². The van der Waals surface area contributed by atoms with E-state index >= 15 is 0 Å². The summed E-state index contributed by atoms with van der Waals surface area (Å²) in [5.74, 6) is 1.30. The minimum absolute atomic E-state index is 0.109. The van der Waals surface area contributed by atoms with Crippen LogP contribution in [0.2, 0.25) is 0 Å². The molecule has 0 rings (SSSR count). The molecule has 0 aromatic carbocycles. The summed E-state index contributed by atoms with van der Waals surface area (Å²) in [5.41, 5.74) is 0. The maximum absolute atomic E-state index is 9.55. The molecule has 0 spiro atoms. The number of hydrogen-bond acceptors (Lipinski definition) is 2. The van der Waals surface area contributed by atoms with Crippen molar-refractivity contribution >= 4 is 12.6 Å². The molecule has 0 aromatic rings. The number of thiol groups is 1. The normalized spacial score (nSPS) is 16.4. The molecule has 0 aliphatic carbocycles. The van der Waals surface area contributed by atoms with Crippen molar-refractivity contribution in [2.75, 3.05) is 5.75 Å². The van der Waals surface area contributed by atoms with Crippen molar-refractivity contribution in [2.24, 2.45) is 5.92 Å². The van der Waals surface area contributed by atoms with Crippen LogP contribution in [0.5, 0.6) is 0 Å². The molecular weight excluding hydrogens is 156 g/mol. The van der Waals surface area contributed by atoms with Crippen LogP contribution in [0.15, 0.2) is 0 Å². The first kappa shape index (κ1) is 11.3. The zero-order valence-electron chi connectivity index (χ0n) is 7.58. The van der Waals surface area contributed by atoms with Crippen LogP contribution in [0, 0.1) is 5.92 Å². The average molecular weight is 176 g/mol. The quantitative estimate of drug-likeness (QED) is 0.596. The first-order valence-electron chi connectivity index (χ1n) is 4.51. The Hall–Kier alpha value is 0.310. The fourth-order valence-corrected chi connectivity index (χ4v) is 1.50. The van der Waals surface area contributed by atoms with Gasteiger partial charge in [-0.2, -0.15) is 12.6 Å². The maximum Gasteiger partial charge on any atom is 0.0566 e. The molecule has 2 atom stereocenters. The van der Waals surface area contributed by atoms with Crippen LogP contribution < -0.4 is 0 Å². The molecule has 0 heterocycles. The van der Waals surface area contributed by atoms with E-state index in [0.717, 1.165) is 25.0 Å². The van der Waals surface area contributed by atoms with E-state index in [1.165, 1.54) is 6.42 Å². The van der Waals surface area contributed by atoms with E-state index in [0.29, 0.717) is 5.92 Å². The third-order valence-electron chi connectivity index (χ3n) is 2.09. The van der Waals surface area contributed by atoms with E-state index in [4.69, 9.17) is 0 Å². The Labute approximate surface area is 75.6 Å². The minimum Gasteiger partial charge on any atom is -0.393 e. The molecule has 0 saturated carbocycles. The third kappa shape index (κ3) is 5.57. The zero-order chi connectivity index (χ0) is 8.69. The summed E-state index contributed by atoms with van der Waals surface area (Å²) in [7, 11) is 0. The maximum atomic E-state index is 9.55. The van der Waals surface area contributed by atoms with E-state index in [-0.39, 0.29) is 6.10 Å². The van der Waals surface area contributed by atoms with E-state index in [2.05, 4.69) is 26.5 Å². The smallest absolute Gasteiger partial charge is 0.0566 e. The predicted molar refractivity (Wildman–Crippen MR) is 53.2 cm³/mol. The highest BCUT2D eigenvalue weighted by Crippen LogP contribution is 2.14. The van der Waals surface area contributed by atoms with Gasteiger partial charge in [0.2, 0.25) is 0 Å². The van der Waals surface area contributed by atoms with Crippen molar-refractivity contribution in [3.05, 3.63) is 0 Å². The molecule has 2 heteroatoms. The second kappa shape index (κ2) is 6.99. The lowest BCUT2D eigenvalue weighted by Crippen LogP contribution is -2.17. The minimum atomic E-state index is -0.109. The van der Waals surface area contributed by atoms with Gasteiger partial charge in [0.05, 0.1) is 6.10 Å². The van der Waals surface area contributed by atoms with Gasteiger partial charge in [-0.3, -0.25) is 0 Å². The SMILES string of the molecule is CCCC[C@@H](O)[C@@H](C)CCS.